The van der Waals surface area contributed by atoms with Crippen LogP contribution in [0.5, 0.6) is 23.0 Å². The largest absolute Gasteiger partial charge is 0.497 e. The van der Waals surface area contributed by atoms with Crippen LogP contribution in [0, 0.1) is 0 Å². The van der Waals surface area contributed by atoms with Crippen molar-refractivity contribution in [2.45, 2.75) is 0 Å². The average Bonchev–Trinajstić information content (AvgIpc) is 3.25. The molecule has 0 aromatic heterocycles. The first-order valence-electron chi connectivity index (χ1n) is 8.41. The van der Waals surface area contributed by atoms with Gasteiger partial charge in [-0.2, -0.15) is 0 Å². The van der Waals surface area contributed by atoms with Gasteiger partial charge in [-0.15, -0.1) is 0 Å². The van der Waals surface area contributed by atoms with E-state index in [4.69, 9.17) is 18.9 Å². The Kier molecular flexibility index (Phi) is 4.19. The van der Waals surface area contributed by atoms with E-state index in [0.29, 0.717) is 23.0 Å². The topological polar surface area (TPSA) is 80.5 Å². The molecular formula is C20H21N3O4. The smallest absolute Gasteiger partial charge is 0.161 e. The zero-order valence-corrected chi connectivity index (χ0v) is 15.6. The van der Waals surface area contributed by atoms with Crippen LogP contribution in [0.2, 0.25) is 0 Å². The molecule has 2 aliphatic rings. The first kappa shape index (κ1) is 17.0. The molecule has 7 heteroatoms. The molecule has 0 bridgehead atoms. The van der Waals surface area contributed by atoms with Gasteiger partial charge in [-0.3, -0.25) is 10.2 Å². The normalized spacial score (nSPS) is 11.0. The molecule has 0 atom stereocenters. The molecule has 0 fully saturated rings. The molecule has 0 amide bonds. The summed E-state index contributed by atoms with van der Waals surface area (Å²) in [6, 6.07) is 11.7. The molecule has 0 unspecified atom stereocenters. The van der Waals surface area contributed by atoms with E-state index in [0.717, 1.165) is 33.5 Å². The SMILES string of the molecule is COc1cc(Nc2[nH][nH]c3c4cc(OC)c(OC)cc4cc2-3)cc(OC)c1. The van der Waals surface area contributed by atoms with E-state index < -0.39 is 0 Å². The number of hydrogen-bond donors (Lipinski definition) is 3. The molecule has 4 rings (SSSR count). The van der Waals surface area contributed by atoms with Gasteiger partial charge in [0.05, 0.1) is 34.1 Å². The van der Waals surface area contributed by atoms with Crippen LogP contribution in [0.3, 0.4) is 0 Å². The quantitative estimate of drug-likeness (QED) is 0.471. The van der Waals surface area contributed by atoms with Gasteiger partial charge in [0.15, 0.2) is 11.5 Å². The summed E-state index contributed by atoms with van der Waals surface area (Å²) in [7, 11) is 6.52. The van der Waals surface area contributed by atoms with E-state index in [2.05, 4.69) is 21.6 Å². The maximum absolute atomic E-state index is 5.42. The lowest BCUT2D eigenvalue weighted by Crippen LogP contribution is -1.94. The molecule has 3 N–H and O–H groups in total. The predicted molar refractivity (Wildman–Crippen MR) is 105 cm³/mol. The first-order valence-corrected chi connectivity index (χ1v) is 8.41. The highest BCUT2D eigenvalue weighted by Gasteiger charge is 2.19. The third kappa shape index (κ3) is 2.87. The van der Waals surface area contributed by atoms with Gasteiger partial charge in [-0.25, -0.2) is 0 Å². The Bertz CT molecular complexity index is 1040. The minimum Gasteiger partial charge on any atom is -0.497 e. The number of benzene rings is 2. The zero-order valence-electron chi connectivity index (χ0n) is 15.6. The summed E-state index contributed by atoms with van der Waals surface area (Å²) in [6.45, 7) is 0. The molecule has 0 radical (unpaired) electrons. The summed E-state index contributed by atoms with van der Waals surface area (Å²) in [6.07, 6.45) is 0. The van der Waals surface area contributed by atoms with Crippen LogP contribution < -0.4 is 24.3 Å². The third-order valence-electron chi connectivity index (χ3n) is 4.60. The second-order valence-electron chi connectivity index (χ2n) is 6.08. The van der Waals surface area contributed by atoms with Crippen molar-refractivity contribution < 1.29 is 18.9 Å². The van der Waals surface area contributed by atoms with Crippen molar-refractivity contribution in [1.82, 2.24) is 10.2 Å². The summed E-state index contributed by atoms with van der Waals surface area (Å²) in [5.41, 5.74) is 2.87. The van der Waals surface area contributed by atoms with Crippen molar-refractivity contribution in [2.24, 2.45) is 0 Å². The number of nitrogens with one attached hydrogen (secondary N) is 3. The van der Waals surface area contributed by atoms with E-state index in [1.165, 1.54) is 0 Å². The number of aromatic amines is 2. The van der Waals surface area contributed by atoms with Crippen LogP contribution in [0.4, 0.5) is 11.5 Å². The molecule has 2 aromatic carbocycles. The number of methoxy groups -OCH3 is 4. The van der Waals surface area contributed by atoms with E-state index in [-0.39, 0.29) is 0 Å². The Hall–Kier alpha value is -3.48. The minimum atomic E-state index is 0.694. The predicted octanol–water partition coefficient (Wildman–Crippen LogP) is 4.38. The zero-order chi connectivity index (χ0) is 19.0. The highest BCUT2D eigenvalue weighted by molar-refractivity contribution is 6.05. The van der Waals surface area contributed by atoms with Gasteiger partial charge in [0.2, 0.25) is 0 Å². The van der Waals surface area contributed by atoms with Gasteiger partial charge in [0.25, 0.3) is 0 Å². The van der Waals surface area contributed by atoms with Crippen LogP contribution in [-0.4, -0.2) is 38.6 Å². The first-order chi connectivity index (χ1) is 13.2. The molecule has 7 nitrogen and oxygen atoms in total. The maximum Gasteiger partial charge on any atom is 0.161 e. The lowest BCUT2D eigenvalue weighted by molar-refractivity contribution is 0.356. The summed E-state index contributed by atoms with van der Waals surface area (Å²) in [5.74, 6) is 3.67. The Morgan fingerprint density at radius 1 is 0.704 bits per heavy atom. The number of fused-ring (bicyclic) bond motifs is 3. The number of hydrogen-bond acceptors (Lipinski definition) is 5. The fraction of sp³-hybridized carbons (Fsp3) is 0.200. The number of H-pyrrole nitrogens is 2. The third-order valence-corrected chi connectivity index (χ3v) is 4.60. The molecule has 0 saturated heterocycles. The Balaban J connectivity index is 1.75. The van der Waals surface area contributed by atoms with Gasteiger partial charge < -0.3 is 24.3 Å². The van der Waals surface area contributed by atoms with Crippen LogP contribution in [0.25, 0.3) is 22.0 Å². The molecule has 27 heavy (non-hydrogen) atoms. The van der Waals surface area contributed by atoms with Crippen LogP contribution >= 0.6 is 0 Å². The molecule has 1 heterocycles. The minimum absolute atomic E-state index is 0.694. The van der Waals surface area contributed by atoms with Gasteiger partial charge in [-0.1, -0.05) is 0 Å². The van der Waals surface area contributed by atoms with Crippen LogP contribution in [-0.2, 0) is 0 Å². The summed E-state index contributed by atoms with van der Waals surface area (Å²) >= 11 is 0. The highest BCUT2D eigenvalue weighted by Crippen LogP contribution is 2.43. The molecule has 2 aromatic rings. The summed E-state index contributed by atoms with van der Waals surface area (Å²) in [5, 5.41) is 11.9. The van der Waals surface area contributed by atoms with Crippen LogP contribution in [0.15, 0.2) is 36.4 Å². The van der Waals surface area contributed by atoms with Crippen LogP contribution in [0.1, 0.15) is 0 Å². The monoisotopic (exact) mass is 367 g/mol. The standard InChI is InChI=1S/C20H21N3O4/c1-24-13-7-12(8-14(9-13)25-2)21-20-16-5-11-6-17(26-3)18(27-4)10-15(11)19(16)22-23-20/h5-10,21-23H,1-4H3. The Morgan fingerprint density at radius 2 is 1.37 bits per heavy atom. The average molecular weight is 367 g/mol. The molecule has 0 saturated carbocycles. The molecule has 0 spiro atoms. The van der Waals surface area contributed by atoms with Gasteiger partial charge in [0, 0.05) is 34.8 Å². The van der Waals surface area contributed by atoms with E-state index in [9.17, 15) is 0 Å². The second-order valence-corrected chi connectivity index (χ2v) is 6.08. The number of aromatic nitrogens is 2. The second kappa shape index (κ2) is 6.68. The number of anilines is 2. The molecule has 140 valence electrons. The van der Waals surface area contributed by atoms with Crippen molar-refractivity contribution in [1.29, 1.82) is 0 Å². The Morgan fingerprint density at radius 3 is 2.00 bits per heavy atom. The van der Waals surface area contributed by atoms with Crippen molar-refractivity contribution in [3.63, 3.8) is 0 Å². The van der Waals surface area contributed by atoms with Gasteiger partial charge >= 0.3 is 0 Å². The van der Waals surface area contributed by atoms with Crippen molar-refractivity contribution >= 4 is 22.3 Å². The summed E-state index contributed by atoms with van der Waals surface area (Å²) in [4.78, 5) is 0. The molecule has 1 aliphatic carbocycles. The van der Waals surface area contributed by atoms with Crippen molar-refractivity contribution in [2.75, 3.05) is 33.8 Å². The van der Waals surface area contributed by atoms with E-state index in [1.807, 2.05) is 30.3 Å². The fourth-order valence-electron chi connectivity index (χ4n) is 3.25. The fourth-order valence-corrected chi connectivity index (χ4v) is 3.25. The Labute approximate surface area is 156 Å². The van der Waals surface area contributed by atoms with Gasteiger partial charge in [-0.05, 0) is 23.6 Å². The maximum atomic E-state index is 5.42. The lowest BCUT2D eigenvalue weighted by atomic mass is 10.2. The van der Waals surface area contributed by atoms with Crippen molar-refractivity contribution in [3.8, 4) is 34.3 Å². The number of rotatable bonds is 6. The number of ether oxygens (including phenoxy) is 4. The van der Waals surface area contributed by atoms with E-state index >= 15 is 0 Å². The van der Waals surface area contributed by atoms with E-state index in [1.54, 1.807) is 28.4 Å². The highest BCUT2D eigenvalue weighted by atomic mass is 16.5. The summed E-state index contributed by atoms with van der Waals surface area (Å²) < 4.78 is 21.5. The van der Waals surface area contributed by atoms with Crippen molar-refractivity contribution in [3.05, 3.63) is 36.4 Å². The van der Waals surface area contributed by atoms with Gasteiger partial charge in [0.1, 0.15) is 17.3 Å². The lowest BCUT2D eigenvalue weighted by Gasteiger charge is -2.10. The molecular weight excluding hydrogens is 346 g/mol. The molecule has 1 aliphatic heterocycles.